The molecule has 2 rings (SSSR count). The SMILES string of the molecule is Brc1ccccc1N1CCCS1. The number of halogens is 1. The van der Waals surface area contributed by atoms with E-state index in [9.17, 15) is 0 Å². The second-order valence-corrected chi connectivity index (χ2v) is 4.70. The molecule has 0 atom stereocenters. The fraction of sp³-hybridized carbons (Fsp3) is 0.333. The topological polar surface area (TPSA) is 3.24 Å². The van der Waals surface area contributed by atoms with Gasteiger partial charge in [0.2, 0.25) is 0 Å². The summed E-state index contributed by atoms with van der Waals surface area (Å²) < 4.78 is 3.55. The van der Waals surface area contributed by atoms with Gasteiger partial charge in [0.25, 0.3) is 0 Å². The van der Waals surface area contributed by atoms with Gasteiger partial charge in [-0.2, -0.15) is 0 Å². The van der Waals surface area contributed by atoms with Gasteiger partial charge in [-0.25, -0.2) is 0 Å². The van der Waals surface area contributed by atoms with E-state index < -0.39 is 0 Å². The fourth-order valence-electron chi connectivity index (χ4n) is 1.29. The van der Waals surface area contributed by atoms with Crippen LogP contribution in [0.1, 0.15) is 6.42 Å². The molecular weight excluding hydrogens is 234 g/mol. The van der Waals surface area contributed by atoms with E-state index in [1.54, 1.807) is 0 Å². The predicted octanol–water partition coefficient (Wildman–Crippen LogP) is 3.31. The first-order chi connectivity index (χ1) is 5.88. The second kappa shape index (κ2) is 3.71. The molecule has 0 amide bonds. The third-order valence-electron chi connectivity index (χ3n) is 1.87. The summed E-state index contributed by atoms with van der Waals surface area (Å²) in [5.41, 5.74) is 1.31. The molecule has 0 spiro atoms. The molecule has 3 heteroatoms. The molecular formula is C9H10BrNS. The molecule has 1 saturated heterocycles. The van der Waals surface area contributed by atoms with E-state index in [4.69, 9.17) is 0 Å². The lowest BCUT2D eigenvalue weighted by atomic mass is 10.3. The summed E-state index contributed by atoms with van der Waals surface area (Å²) in [6.07, 6.45) is 1.30. The van der Waals surface area contributed by atoms with Gasteiger partial charge in [-0.3, -0.25) is 0 Å². The van der Waals surface area contributed by atoms with Gasteiger partial charge in [-0.05, 0) is 46.4 Å². The smallest absolute Gasteiger partial charge is 0.0611 e. The molecule has 0 bridgehead atoms. The van der Waals surface area contributed by atoms with E-state index in [0.717, 1.165) is 0 Å². The highest BCUT2D eigenvalue weighted by atomic mass is 79.9. The lowest BCUT2D eigenvalue weighted by Gasteiger charge is -2.16. The molecule has 0 N–H and O–H groups in total. The van der Waals surface area contributed by atoms with Crippen molar-refractivity contribution >= 4 is 33.6 Å². The third-order valence-corrected chi connectivity index (χ3v) is 3.71. The zero-order valence-corrected chi connectivity index (χ0v) is 9.07. The van der Waals surface area contributed by atoms with Crippen LogP contribution in [0.15, 0.2) is 28.7 Å². The molecule has 0 unspecified atom stereocenters. The van der Waals surface area contributed by atoms with E-state index in [-0.39, 0.29) is 0 Å². The van der Waals surface area contributed by atoms with Gasteiger partial charge >= 0.3 is 0 Å². The van der Waals surface area contributed by atoms with Gasteiger partial charge in [0.1, 0.15) is 0 Å². The zero-order valence-electron chi connectivity index (χ0n) is 6.66. The fourth-order valence-corrected chi connectivity index (χ4v) is 2.94. The molecule has 0 aliphatic carbocycles. The average Bonchev–Trinajstić information content (AvgIpc) is 2.57. The van der Waals surface area contributed by atoms with Crippen LogP contribution in [0, 0.1) is 0 Å². The molecule has 1 nitrogen and oxygen atoms in total. The second-order valence-electron chi connectivity index (χ2n) is 2.74. The first-order valence-electron chi connectivity index (χ1n) is 4.03. The monoisotopic (exact) mass is 243 g/mol. The highest BCUT2D eigenvalue weighted by Crippen LogP contribution is 2.33. The molecule has 0 aromatic heterocycles. The van der Waals surface area contributed by atoms with Gasteiger partial charge in [-0.15, -0.1) is 0 Å². The average molecular weight is 244 g/mol. The predicted molar refractivity (Wildman–Crippen MR) is 58.6 cm³/mol. The van der Waals surface area contributed by atoms with E-state index in [2.05, 4.69) is 38.4 Å². The van der Waals surface area contributed by atoms with Crippen molar-refractivity contribution in [3.8, 4) is 0 Å². The summed E-state index contributed by atoms with van der Waals surface area (Å²) in [6, 6.07) is 8.38. The van der Waals surface area contributed by atoms with Crippen LogP contribution in [0.5, 0.6) is 0 Å². The number of hydrogen-bond acceptors (Lipinski definition) is 2. The first-order valence-corrected chi connectivity index (χ1v) is 5.76. The Hall–Kier alpha value is -0.150. The van der Waals surface area contributed by atoms with Crippen molar-refractivity contribution in [2.45, 2.75) is 6.42 Å². The maximum absolute atomic E-state index is 3.55. The summed E-state index contributed by atoms with van der Waals surface area (Å²) in [5, 5.41) is 0. The summed E-state index contributed by atoms with van der Waals surface area (Å²) in [6.45, 7) is 1.17. The quantitative estimate of drug-likeness (QED) is 0.697. The molecule has 0 radical (unpaired) electrons. The maximum atomic E-state index is 3.55. The Balaban J connectivity index is 2.26. The molecule has 0 saturated carbocycles. The van der Waals surface area contributed by atoms with Crippen molar-refractivity contribution < 1.29 is 0 Å². The summed E-state index contributed by atoms with van der Waals surface area (Å²) >= 11 is 5.46. The van der Waals surface area contributed by atoms with Crippen LogP contribution in [-0.4, -0.2) is 12.3 Å². The van der Waals surface area contributed by atoms with Crippen molar-refractivity contribution in [2.75, 3.05) is 16.6 Å². The van der Waals surface area contributed by atoms with Crippen molar-refractivity contribution in [3.63, 3.8) is 0 Å². The number of nitrogens with zero attached hydrogens (tertiary/aromatic N) is 1. The molecule has 1 aromatic carbocycles. The molecule has 64 valence electrons. The molecule has 1 aliphatic rings. The standard InChI is InChI=1S/C9H10BrNS/c10-8-4-1-2-5-9(8)11-6-3-7-12-11/h1-2,4-5H,3,6-7H2. The molecule has 1 aromatic rings. The van der Waals surface area contributed by atoms with Crippen molar-refractivity contribution in [2.24, 2.45) is 0 Å². The number of rotatable bonds is 1. The lowest BCUT2D eigenvalue weighted by molar-refractivity contribution is 0.988. The summed E-state index contributed by atoms with van der Waals surface area (Å²) in [4.78, 5) is 0. The lowest BCUT2D eigenvalue weighted by Crippen LogP contribution is -2.08. The van der Waals surface area contributed by atoms with Crippen LogP contribution in [0.3, 0.4) is 0 Å². The molecule has 12 heavy (non-hydrogen) atoms. The van der Waals surface area contributed by atoms with E-state index in [1.165, 1.54) is 28.9 Å². The van der Waals surface area contributed by atoms with E-state index in [1.807, 2.05) is 18.0 Å². The number of hydrogen-bond donors (Lipinski definition) is 0. The third kappa shape index (κ3) is 1.62. The summed E-state index contributed by atoms with van der Waals surface area (Å²) in [5.74, 6) is 1.25. The Labute approximate surface area is 85.4 Å². The molecule has 1 aliphatic heterocycles. The van der Waals surface area contributed by atoms with Crippen LogP contribution >= 0.6 is 27.9 Å². The highest BCUT2D eigenvalue weighted by molar-refractivity contribution is 9.10. The first kappa shape index (κ1) is 8.45. The highest BCUT2D eigenvalue weighted by Gasteiger charge is 2.14. The summed E-state index contributed by atoms with van der Waals surface area (Å²) in [7, 11) is 0. The molecule has 1 fully saturated rings. The number of anilines is 1. The minimum Gasteiger partial charge on any atom is -0.315 e. The van der Waals surface area contributed by atoms with Crippen LogP contribution in [0.25, 0.3) is 0 Å². The van der Waals surface area contributed by atoms with Crippen LogP contribution in [0.4, 0.5) is 5.69 Å². The zero-order chi connectivity index (χ0) is 8.39. The van der Waals surface area contributed by atoms with Gasteiger partial charge in [0.15, 0.2) is 0 Å². The minimum atomic E-state index is 1.17. The molecule has 1 heterocycles. The van der Waals surface area contributed by atoms with Gasteiger partial charge < -0.3 is 4.31 Å². The minimum absolute atomic E-state index is 1.17. The normalized spacial score (nSPS) is 16.9. The van der Waals surface area contributed by atoms with Crippen molar-refractivity contribution in [1.29, 1.82) is 0 Å². The van der Waals surface area contributed by atoms with Gasteiger partial charge in [0, 0.05) is 16.8 Å². The van der Waals surface area contributed by atoms with Crippen molar-refractivity contribution in [1.82, 2.24) is 0 Å². The van der Waals surface area contributed by atoms with Gasteiger partial charge in [-0.1, -0.05) is 12.1 Å². The van der Waals surface area contributed by atoms with Gasteiger partial charge in [0.05, 0.1) is 5.69 Å². The van der Waals surface area contributed by atoms with Crippen LogP contribution < -0.4 is 4.31 Å². The number of benzene rings is 1. The Morgan fingerprint density at radius 2 is 2.17 bits per heavy atom. The Morgan fingerprint density at radius 3 is 2.83 bits per heavy atom. The van der Waals surface area contributed by atoms with Crippen molar-refractivity contribution in [3.05, 3.63) is 28.7 Å². The largest absolute Gasteiger partial charge is 0.315 e. The van der Waals surface area contributed by atoms with Crippen LogP contribution in [0.2, 0.25) is 0 Å². The number of para-hydroxylation sites is 1. The van der Waals surface area contributed by atoms with E-state index in [0.29, 0.717) is 0 Å². The Kier molecular flexibility index (Phi) is 2.61. The van der Waals surface area contributed by atoms with E-state index >= 15 is 0 Å². The Bertz CT molecular complexity index is 271. The Morgan fingerprint density at radius 1 is 1.33 bits per heavy atom. The maximum Gasteiger partial charge on any atom is 0.0611 e. The van der Waals surface area contributed by atoms with Crippen LogP contribution in [-0.2, 0) is 0 Å².